The predicted molar refractivity (Wildman–Crippen MR) is 74.9 cm³/mol. The van der Waals surface area contributed by atoms with Gasteiger partial charge in [0, 0.05) is 32.4 Å². The number of aromatic nitrogens is 1. The van der Waals surface area contributed by atoms with Crippen LogP contribution in [-0.4, -0.2) is 34.5 Å². The quantitative estimate of drug-likeness (QED) is 0.889. The van der Waals surface area contributed by atoms with Gasteiger partial charge in [-0.05, 0) is 37.8 Å². The average Bonchev–Trinajstić information content (AvgIpc) is 2.74. The average molecular weight is 272 g/mol. The second-order valence-electron chi connectivity index (χ2n) is 4.99. The molecular formula is C13H22ClN3O. The van der Waals surface area contributed by atoms with Crippen LogP contribution in [0.1, 0.15) is 30.3 Å². The minimum absolute atomic E-state index is 0. The summed E-state index contributed by atoms with van der Waals surface area (Å²) in [6.07, 6.45) is 3.95. The van der Waals surface area contributed by atoms with E-state index in [9.17, 15) is 4.79 Å². The first kappa shape index (κ1) is 15.1. The van der Waals surface area contributed by atoms with Crippen LogP contribution in [0.5, 0.6) is 0 Å². The molecule has 1 aliphatic rings. The lowest BCUT2D eigenvalue weighted by Gasteiger charge is -2.33. The number of nitrogens with zero attached hydrogens (tertiary/aromatic N) is 2. The van der Waals surface area contributed by atoms with Crippen LogP contribution in [0.25, 0.3) is 0 Å². The Morgan fingerprint density at radius 2 is 2.06 bits per heavy atom. The fraction of sp³-hybridized carbons (Fsp3) is 0.615. The van der Waals surface area contributed by atoms with Gasteiger partial charge in [-0.25, -0.2) is 0 Å². The highest BCUT2D eigenvalue weighted by Crippen LogP contribution is 2.20. The first-order valence-electron chi connectivity index (χ1n) is 6.26. The summed E-state index contributed by atoms with van der Waals surface area (Å²) in [7, 11) is 1.90. The normalized spacial score (nSPS) is 18.3. The molecule has 0 bridgehead atoms. The van der Waals surface area contributed by atoms with E-state index in [1.807, 2.05) is 34.8 Å². The molecule has 2 heterocycles. The van der Waals surface area contributed by atoms with E-state index in [2.05, 4.69) is 6.92 Å². The van der Waals surface area contributed by atoms with Gasteiger partial charge in [-0.1, -0.05) is 0 Å². The molecule has 4 nitrogen and oxygen atoms in total. The van der Waals surface area contributed by atoms with Crippen molar-refractivity contribution >= 4 is 18.3 Å². The number of amides is 1. The van der Waals surface area contributed by atoms with Crippen molar-refractivity contribution < 1.29 is 4.79 Å². The fourth-order valence-corrected chi connectivity index (χ4v) is 2.47. The Balaban J connectivity index is 0.00000162. The van der Waals surface area contributed by atoms with Crippen molar-refractivity contribution in [2.24, 2.45) is 18.7 Å². The highest BCUT2D eigenvalue weighted by molar-refractivity contribution is 5.92. The van der Waals surface area contributed by atoms with Gasteiger partial charge in [0.25, 0.3) is 5.91 Å². The van der Waals surface area contributed by atoms with Gasteiger partial charge in [-0.2, -0.15) is 0 Å². The third-order valence-corrected chi connectivity index (χ3v) is 3.73. The molecule has 5 heteroatoms. The summed E-state index contributed by atoms with van der Waals surface area (Å²) in [5.74, 6) is 0.702. The van der Waals surface area contributed by atoms with Crippen molar-refractivity contribution in [3.05, 3.63) is 24.0 Å². The van der Waals surface area contributed by atoms with E-state index in [4.69, 9.17) is 5.73 Å². The summed E-state index contributed by atoms with van der Waals surface area (Å²) in [6, 6.07) is 4.02. The molecule has 18 heavy (non-hydrogen) atoms. The highest BCUT2D eigenvalue weighted by Gasteiger charge is 2.26. The fourth-order valence-electron chi connectivity index (χ4n) is 2.47. The van der Waals surface area contributed by atoms with Gasteiger partial charge in [-0.15, -0.1) is 12.4 Å². The van der Waals surface area contributed by atoms with Gasteiger partial charge >= 0.3 is 0 Å². The number of carbonyl (C=O) groups is 1. The molecule has 1 aliphatic heterocycles. The molecule has 2 N–H and O–H groups in total. The second kappa shape index (κ2) is 6.25. The predicted octanol–water partition coefficient (Wildman–Crippen LogP) is 1.65. The summed E-state index contributed by atoms with van der Waals surface area (Å²) < 4.78 is 1.87. The molecule has 1 saturated heterocycles. The van der Waals surface area contributed by atoms with Crippen LogP contribution < -0.4 is 5.73 Å². The topological polar surface area (TPSA) is 51.3 Å². The van der Waals surface area contributed by atoms with Crippen molar-refractivity contribution in [3.63, 3.8) is 0 Å². The molecule has 0 saturated carbocycles. The minimum Gasteiger partial charge on any atom is -0.347 e. The van der Waals surface area contributed by atoms with Gasteiger partial charge in [0.1, 0.15) is 5.69 Å². The van der Waals surface area contributed by atoms with Gasteiger partial charge < -0.3 is 15.2 Å². The molecule has 102 valence electrons. The third-order valence-electron chi connectivity index (χ3n) is 3.73. The van der Waals surface area contributed by atoms with Crippen molar-refractivity contribution in [3.8, 4) is 0 Å². The Morgan fingerprint density at radius 1 is 1.44 bits per heavy atom. The van der Waals surface area contributed by atoms with E-state index in [1.54, 1.807) is 0 Å². The maximum absolute atomic E-state index is 12.2. The molecule has 1 fully saturated rings. The van der Waals surface area contributed by atoms with Crippen LogP contribution in [0.2, 0.25) is 0 Å². The molecular weight excluding hydrogens is 250 g/mol. The SMILES string of the molecule is CC(N)C1CCN(C(=O)c2cccn2C)CC1.Cl. The van der Waals surface area contributed by atoms with Crippen molar-refractivity contribution in [2.45, 2.75) is 25.8 Å². The van der Waals surface area contributed by atoms with Gasteiger partial charge in [-0.3, -0.25) is 4.79 Å². The number of carbonyl (C=O) groups excluding carboxylic acids is 1. The summed E-state index contributed by atoms with van der Waals surface area (Å²) in [5, 5.41) is 0. The van der Waals surface area contributed by atoms with Crippen molar-refractivity contribution in [1.82, 2.24) is 9.47 Å². The first-order valence-corrected chi connectivity index (χ1v) is 6.26. The largest absolute Gasteiger partial charge is 0.347 e. The van der Waals surface area contributed by atoms with Gasteiger partial charge in [0.2, 0.25) is 0 Å². The maximum Gasteiger partial charge on any atom is 0.270 e. The molecule has 1 unspecified atom stereocenters. The Kier molecular flexibility index (Phi) is 5.23. The number of aryl methyl sites for hydroxylation is 1. The zero-order chi connectivity index (χ0) is 12.4. The molecule has 0 spiro atoms. The van der Waals surface area contributed by atoms with Crippen LogP contribution in [-0.2, 0) is 7.05 Å². The van der Waals surface area contributed by atoms with Crippen LogP contribution in [0.3, 0.4) is 0 Å². The Bertz CT molecular complexity index is 395. The smallest absolute Gasteiger partial charge is 0.270 e. The van der Waals surface area contributed by atoms with Crippen LogP contribution in [0.15, 0.2) is 18.3 Å². The molecule has 1 amide bonds. The van der Waals surface area contributed by atoms with E-state index in [-0.39, 0.29) is 24.4 Å². The molecule has 1 aromatic heterocycles. The standard InChI is InChI=1S/C13H21N3O.ClH/c1-10(14)11-5-8-16(9-6-11)13(17)12-4-3-7-15(12)2;/h3-4,7,10-11H,5-6,8-9,14H2,1-2H3;1H. The number of nitrogens with two attached hydrogens (primary N) is 1. The summed E-state index contributed by atoms with van der Waals surface area (Å²) >= 11 is 0. The lowest BCUT2D eigenvalue weighted by Crippen LogP contribution is -2.43. The van der Waals surface area contributed by atoms with E-state index in [0.717, 1.165) is 31.6 Å². The molecule has 0 aliphatic carbocycles. The second-order valence-corrected chi connectivity index (χ2v) is 4.99. The third kappa shape index (κ3) is 3.06. The van der Waals surface area contributed by atoms with Gasteiger partial charge in [0.15, 0.2) is 0 Å². The van der Waals surface area contributed by atoms with Crippen LogP contribution >= 0.6 is 12.4 Å². The van der Waals surface area contributed by atoms with Crippen LogP contribution in [0, 0.1) is 5.92 Å². The van der Waals surface area contributed by atoms with Crippen molar-refractivity contribution in [2.75, 3.05) is 13.1 Å². The number of rotatable bonds is 2. The van der Waals surface area contributed by atoms with E-state index < -0.39 is 0 Å². The number of hydrogen-bond donors (Lipinski definition) is 1. The van der Waals surface area contributed by atoms with E-state index >= 15 is 0 Å². The summed E-state index contributed by atoms with van der Waals surface area (Å²) in [4.78, 5) is 14.2. The molecule has 0 radical (unpaired) electrons. The lowest BCUT2D eigenvalue weighted by molar-refractivity contribution is 0.0671. The highest BCUT2D eigenvalue weighted by atomic mass is 35.5. The number of likely N-dealkylation sites (tertiary alicyclic amines) is 1. The molecule has 1 atom stereocenters. The van der Waals surface area contributed by atoms with E-state index in [1.165, 1.54) is 0 Å². The number of hydrogen-bond acceptors (Lipinski definition) is 2. The zero-order valence-corrected chi connectivity index (χ0v) is 11.8. The van der Waals surface area contributed by atoms with Gasteiger partial charge in [0.05, 0.1) is 0 Å². The first-order chi connectivity index (χ1) is 8.09. The molecule has 2 rings (SSSR count). The summed E-state index contributed by atoms with van der Waals surface area (Å²) in [6.45, 7) is 3.71. The number of halogens is 1. The lowest BCUT2D eigenvalue weighted by atomic mass is 9.91. The monoisotopic (exact) mass is 271 g/mol. The maximum atomic E-state index is 12.2. The number of piperidine rings is 1. The van der Waals surface area contributed by atoms with Crippen LogP contribution in [0.4, 0.5) is 0 Å². The minimum atomic E-state index is 0. The molecule has 1 aromatic rings. The summed E-state index contributed by atoms with van der Waals surface area (Å²) in [5.41, 5.74) is 6.67. The molecule has 0 aromatic carbocycles. The Morgan fingerprint density at radius 3 is 2.50 bits per heavy atom. The van der Waals surface area contributed by atoms with Crippen molar-refractivity contribution in [1.29, 1.82) is 0 Å². The Labute approximate surface area is 115 Å². The zero-order valence-electron chi connectivity index (χ0n) is 11.0. The Hall–Kier alpha value is -1.00. The van der Waals surface area contributed by atoms with E-state index in [0.29, 0.717) is 5.92 Å².